The lowest BCUT2D eigenvalue weighted by Crippen LogP contribution is -2.24. The molecule has 2 heterocycles. The number of nitrogens with one attached hydrogen (secondary N) is 1. The van der Waals surface area contributed by atoms with E-state index in [2.05, 4.69) is 10.3 Å². The van der Waals surface area contributed by atoms with Crippen molar-refractivity contribution in [3.8, 4) is 10.4 Å². The summed E-state index contributed by atoms with van der Waals surface area (Å²) < 4.78 is 25.9. The number of aromatic nitrogens is 1. The Balaban J connectivity index is 1.75. The third-order valence-electron chi connectivity index (χ3n) is 5.53. The smallest absolute Gasteiger partial charge is 0.251 e. The molecule has 0 saturated carbocycles. The normalized spacial score (nSPS) is 12.5. The fraction of sp³-hybridized carbons (Fsp3) is 0.385. The number of amides is 1. The van der Waals surface area contributed by atoms with Gasteiger partial charge in [0.05, 0.1) is 29.6 Å². The van der Waals surface area contributed by atoms with Crippen molar-refractivity contribution in [1.29, 1.82) is 0 Å². The number of ether oxygens (including phenoxy) is 2. The summed E-state index contributed by atoms with van der Waals surface area (Å²) in [6.45, 7) is 6.51. The van der Waals surface area contributed by atoms with E-state index in [1.165, 1.54) is 17.4 Å². The predicted octanol–water partition coefficient (Wildman–Crippen LogP) is 5.05. The van der Waals surface area contributed by atoms with E-state index in [9.17, 15) is 14.3 Å². The molecule has 1 atom stereocenters. The van der Waals surface area contributed by atoms with E-state index in [4.69, 9.17) is 15.2 Å². The first-order valence-electron chi connectivity index (χ1n) is 11.3. The Hall–Kier alpha value is -2.85. The van der Waals surface area contributed by atoms with E-state index in [-0.39, 0.29) is 11.2 Å². The first-order chi connectivity index (χ1) is 16.6. The molecule has 7 nitrogen and oxygen atoms in total. The van der Waals surface area contributed by atoms with E-state index in [0.717, 1.165) is 12.1 Å². The average Bonchev–Trinajstić information content (AvgIpc) is 3.20. The van der Waals surface area contributed by atoms with Gasteiger partial charge in [0.2, 0.25) is 0 Å². The highest BCUT2D eigenvalue weighted by atomic mass is 32.1. The summed E-state index contributed by atoms with van der Waals surface area (Å²) in [4.78, 5) is 17.2. The highest BCUT2D eigenvalue weighted by molar-refractivity contribution is 7.19. The van der Waals surface area contributed by atoms with Crippen LogP contribution in [-0.2, 0) is 22.5 Å². The predicted molar refractivity (Wildman–Crippen MR) is 136 cm³/mol. The van der Waals surface area contributed by atoms with Crippen molar-refractivity contribution >= 4 is 28.1 Å². The van der Waals surface area contributed by atoms with Gasteiger partial charge >= 0.3 is 0 Å². The van der Waals surface area contributed by atoms with Crippen molar-refractivity contribution in [3.05, 3.63) is 65.1 Å². The lowest BCUT2D eigenvalue weighted by Gasteiger charge is -2.22. The highest BCUT2D eigenvalue weighted by Crippen LogP contribution is 2.38. The number of carbonyl (C=O) groups is 1. The summed E-state index contributed by atoms with van der Waals surface area (Å²) in [5.74, 6) is -0.533. The SMILES string of the molecule is COC(C)(C)CCOCc1cccc(Nc2sc(-c3ccc(CC(C)O)cc3F)cc2C(N)=O)n1. The number of rotatable bonds is 12. The Kier molecular flexibility index (Phi) is 8.96. The number of methoxy groups -OCH3 is 1. The third-order valence-corrected chi connectivity index (χ3v) is 6.61. The van der Waals surface area contributed by atoms with Crippen LogP contribution in [0.5, 0.6) is 0 Å². The number of nitrogens with zero attached hydrogens (tertiary/aromatic N) is 1. The van der Waals surface area contributed by atoms with Crippen molar-refractivity contribution in [2.45, 2.75) is 51.9 Å². The Labute approximate surface area is 209 Å². The molecule has 4 N–H and O–H groups in total. The molecule has 2 aromatic heterocycles. The molecule has 3 aromatic rings. The van der Waals surface area contributed by atoms with Crippen LogP contribution >= 0.6 is 11.3 Å². The number of hydrogen-bond acceptors (Lipinski definition) is 7. The quantitative estimate of drug-likeness (QED) is 0.300. The summed E-state index contributed by atoms with van der Waals surface area (Å²) in [6.07, 6.45) is 0.541. The Morgan fingerprint density at radius 2 is 2.06 bits per heavy atom. The third kappa shape index (κ3) is 7.57. The monoisotopic (exact) mass is 501 g/mol. The Bertz CT molecular complexity index is 1160. The summed E-state index contributed by atoms with van der Waals surface area (Å²) in [7, 11) is 1.67. The molecule has 0 spiro atoms. The van der Waals surface area contributed by atoms with Gasteiger partial charge in [0, 0.05) is 24.2 Å². The van der Waals surface area contributed by atoms with Crippen LogP contribution in [0.3, 0.4) is 0 Å². The van der Waals surface area contributed by atoms with Gasteiger partial charge in [-0.15, -0.1) is 11.3 Å². The molecule has 0 aliphatic rings. The minimum Gasteiger partial charge on any atom is -0.393 e. The number of aliphatic hydroxyl groups excluding tert-OH is 1. The van der Waals surface area contributed by atoms with E-state index >= 15 is 0 Å². The molecule has 3 rings (SSSR count). The number of pyridine rings is 1. The van der Waals surface area contributed by atoms with E-state index in [1.807, 2.05) is 26.0 Å². The molecule has 0 saturated heterocycles. The minimum atomic E-state index is -0.624. The first kappa shape index (κ1) is 26.7. The van der Waals surface area contributed by atoms with E-state index < -0.39 is 17.8 Å². The topological polar surface area (TPSA) is 107 Å². The van der Waals surface area contributed by atoms with Gasteiger partial charge in [-0.25, -0.2) is 9.37 Å². The number of halogens is 1. The molecule has 0 radical (unpaired) electrons. The number of carbonyl (C=O) groups excluding carboxylic acids is 1. The summed E-state index contributed by atoms with van der Waals surface area (Å²) in [5.41, 5.74) is 7.36. The average molecular weight is 502 g/mol. The van der Waals surface area contributed by atoms with Crippen molar-refractivity contribution in [2.75, 3.05) is 19.0 Å². The van der Waals surface area contributed by atoms with Crippen molar-refractivity contribution in [1.82, 2.24) is 4.98 Å². The maximum atomic E-state index is 14.8. The number of primary amides is 1. The van der Waals surface area contributed by atoms with Crippen LogP contribution in [0, 0.1) is 5.82 Å². The van der Waals surface area contributed by atoms with Crippen LogP contribution in [0.15, 0.2) is 42.5 Å². The zero-order valence-corrected chi connectivity index (χ0v) is 21.2. The molecule has 1 amide bonds. The molecular weight excluding hydrogens is 469 g/mol. The van der Waals surface area contributed by atoms with Crippen LogP contribution in [-0.4, -0.2) is 41.4 Å². The fourth-order valence-electron chi connectivity index (χ4n) is 3.37. The van der Waals surface area contributed by atoms with Gasteiger partial charge in [-0.3, -0.25) is 4.79 Å². The van der Waals surface area contributed by atoms with Gasteiger partial charge in [-0.05, 0) is 63.4 Å². The number of anilines is 2. The molecule has 188 valence electrons. The second kappa shape index (κ2) is 11.7. The van der Waals surface area contributed by atoms with Gasteiger partial charge in [-0.2, -0.15) is 0 Å². The van der Waals surface area contributed by atoms with E-state index in [0.29, 0.717) is 46.5 Å². The van der Waals surface area contributed by atoms with Crippen LogP contribution in [0.4, 0.5) is 15.2 Å². The highest BCUT2D eigenvalue weighted by Gasteiger charge is 2.18. The molecule has 35 heavy (non-hydrogen) atoms. The van der Waals surface area contributed by atoms with Crippen LogP contribution < -0.4 is 11.1 Å². The number of nitrogens with two attached hydrogens (primary N) is 1. The fourth-order valence-corrected chi connectivity index (χ4v) is 4.47. The zero-order chi connectivity index (χ0) is 25.6. The lowest BCUT2D eigenvalue weighted by atomic mass is 10.0. The summed E-state index contributed by atoms with van der Waals surface area (Å²) in [6, 6.07) is 11.9. The van der Waals surface area contributed by atoms with Gasteiger partial charge in [0.25, 0.3) is 5.91 Å². The van der Waals surface area contributed by atoms with Crippen molar-refractivity contribution in [3.63, 3.8) is 0 Å². The van der Waals surface area contributed by atoms with Gasteiger partial charge in [0.15, 0.2) is 0 Å². The molecule has 0 bridgehead atoms. The maximum absolute atomic E-state index is 14.8. The summed E-state index contributed by atoms with van der Waals surface area (Å²) in [5, 5.41) is 13.2. The molecule has 0 aliphatic heterocycles. The molecule has 9 heteroatoms. The second-order valence-corrected chi connectivity index (χ2v) is 10.0. The minimum absolute atomic E-state index is 0.253. The maximum Gasteiger partial charge on any atom is 0.251 e. The standard InChI is InChI=1S/C26H32FN3O4S/c1-16(31)12-17-8-9-19(21(27)13-17)22-14-20(24(28)32)25(35-22)30-23-7-5-6-18(29-23)15-34-11-10-26(2,3)33-4/h5-9,13-14,16,31H,10-12,15H2,1-4H3,(H2,28,32)(H,29,30). The van der Waals surface area contributed by atoms with Crippen LogP contribution in [0.25, 0.3) is 10.4 Å². The lowest BCUT2D eigenvalue weighted by molar-refractivity contribution is -0.0128. The van der Waals surface area contributed by atoms with Gasteiger partial charge in [0.1, 0.15) is 16.6 Å². The van der Waals surface area contributed by atoms with Crippen LogP contribution in [0.1, 0.15) is 48.8 Å². The summed E-state index contributed by atoms with van der Waals surface area (Å²) >= 11 is 1.22. The van der Waals surface area contributed by atoms with Crippen LogP contribution in [0.2, 0.25) is 0 Å². The van der Waals surface area contributed by atoms with E-state index in [1.54, 1.807) is 38.3 Å². The van der Waals surface area contributed by atoms with Gasteiger partial charge < -0.3 is 25.6 Å². The number of aliphatic hydroxyl groups is 1. The van der Waals surface area contributed by atoms with Crippen molar-refractivity contribution in [2.24, 2.45) is 5.73 Å². The number of thiophene rings is 1. The Morgan fingerprint density at radius 1 is 1.29 bits per heavy atom. The second-order valence-electron chi connectivity index (χ2n) is 8.99. The largest absolute Gasteiger partial charge is 0.393 e. The number of hydrogen-bond donors (Lipinski definition) is 3. The molecule has 0 aliphatic carbocycles. The molecule has 0 fully saturated rings. The molecule has 1 unspecified atom stereocenters. The zero-order valence-electron chi connectivity index (χ0n) is 20.4. The van der Waals surface area contributed by atoms with Crippen molar-refractivity contribution < 1.29 is 23.8 Å². The van der Waals surface area contributed by atoms with Gasteiger partial charge in [-0.1, -0.05) is 18.2 Å². The molecular formula is C26H32FN3O4S. The Morgan fingerprint density at radius 3 is 2.71 bits per heavy atom. The first-order valence-corrected chi connectivity index (χ1v) is 12.2. The number of benzene rings is 1. The molecule has 1 aromatic carbocycles.